The van der Waals surface area contributed by atoms with E-state index in [1.807, 2.05) is 24.5 Å². The predicted octanol–water partition coefficient (Wildman–Crippen LogP) is 1.19. The molecule has 0 saturated carbocycles. The number of aliphatic hydroxyl groups excluding tert-OH is 1. The standard InChI is InChI=1S/C13H19N3O2/c1-11(7-13-3-2-6-18-13)14-8-12-9-15-16(10-12)4-5-17/h2-3,6,9-11,14,17H,4-5,7-8H2,1H3. The third kappa shape index (κ3) is 3.72. The highest BCUT2D eigenvalue weighted by Crippen LogP contribution is 2.05. The molecule has 0 aliphatic carbocycles. The zero-order chi connectivity index (χ0) is 12.8. The lowest BCUT2D eigenvalue weighted by atomic mass is 10.2. The van der Waals surface area contributed by atoms with Crippen LogP contribution in [0.15, 0.2) is 35.2 Å². The Bertz CT molecular complexity index is 451. The average Bonchev–Trinajstić information content (AvgIpc) is 2.99. The lowest BCUT2D eigenvalue weighted by Crippen LogP contribution is -2.27. The smallest absolute Gasteiger partial charge is 0.105 e. The summed E-state index contributed by atoms with van der Waals surface area (Å²) in [5, 5.41) is 16.4. The average molecular weight is 249 g/mol. The zero-order valence-electron chi connectivity index (χ0n) is 10.5. The third-order valence-electron chi connectivity index (χ3n) is 2.76. The summed E-state index contributed by atoms with van der Waals surface area (Å²) in [6.07, 6.45) is 6.34. The number of hydrogen-bond acceptors (Lipinski definition) is 4. The molecule has 0 saturated heterocycles. The van der Waals surface area contributed by atoms with Crippen LogP contribution in [0.5, 0.6) is 0 Å². The Hall–Kier alpha value is -1.59. The fraction of sp³-hybridized carbons (Fsp3) is 0.462. The van der Waals surface area contributed by atoms with Crippen molar-refractivity contribution in [1.82, 2.24) is 15.1 Å². The van der Waals surface area contributed by atoms with E-state index in [1.54, 1.807) is 10.9 Å². The molecule has 2 aromatic rings. The van der Waals surface area contributed by atoms with Crippen LogP contribution in [0.1, 0.15) is 18.2 Å². The summed E-state index contributed by atoms with van der Waals surface area (Å²) in [5.74, 6) is 0.992. The van der Waals surface area contributed by atoms with Crippen LogP contribution in [-0.2, 0) is 19.5 Å². The first-order valence-corrected chi connectivity index (χ1v) is 6.16. The fourth-order valence-corrected chi connectivity index (χ4v) is 1.82. The normalized spacial score (nSPS) is 12.8. The molecule has 1 atom stereocenters. The van der Waals surface area contributed by atoms with Crippen LogP contribution in [0.4, 0.5) is 0 Å². The van der Waals surface area contributed by atoms with Crippen molar-refractivity contribution in [1.29, 1.82) is 0 Å². The third-order valence-corrected chi connectivity index (χ3v) is 2.76. The summed E-state index contributed by atoms with van der Waals surface area (Å²) in [6, 6.07) is 4.23. The van der Waals surface area contributed by atoms with Crippen LogP contribution >= 0.6 is 0 Å². The van der Waals surface area contributed by atoms with Gasteiger partial charge in [-0.2, -0.15) is 5.10 Å². The summed E-state index contributed by atoms with van der Waals surface area (Å²) < 4.78 is 7.05. The van der Waals surface area contributed by atoms with Crippen LogP contribution < -0.4 is 5.32 Å². The van der Waals surface area contributed by atoms with E-state index in [0.717, 1.165) is 24.3 Å². The van der Waals surface area contributed by atoms with Crippen molar-refractivity contribution in [2.24, 2.45) is 0 Å². The Kier molecular flexibility index (Phi) is 4.55. The summed E-state index contributed by atoms with van der Waals surface area (Å²) >= 11 is 0. The van der Waals surface area contributed by atoms with E-state index in [0.29, 0.717) is 12.6 Å². The largest absolute Gasteiger partial charge is 0.469 e. The Morgan fingerprint density at radius 1 is 1.56 bits per heavy atom. The molecule has 2 aromatic heterocycles. The second-order valence-electron chi connectivity index (χ2n) is 4.40. The minimum Gasteiger partial charge on any atom is -0.469 e. The van der Waals surface area contributed by atoms with Gasteiger partial charge in [0.2, 0.25) is 0 Å². The van der Waals surface area contributed by atoms with Gasteiger partial charge in [-0.25, -0.2) is 0 Å². The number of rotatable bonds is 7. The Morgan fingerprint density at radius 3 is 3.17 bits per heavy atom. The van der Waals surface area contributed by atoms with Gasteiger partial charge in [0.15, 0.2) is 0 Å². The SMILES string of the molecule is CC(Cc1ccco1)NCc1cnn(CCO)c1. The monoisotopic (exact) mass is 249 g/mol. The minimum absolute atomic E-state index is 0.115. The molecule has 0 radical (unpaired) electrons. The van der Waals surface area contributed by atoms with Crippen LogP contribution in [-0.4, -0.2) is 27.5 Å². The van der Waals surface area contributed by atoms with E-state index in [9.17, 15) is 0 Å². The van der Waals surface area contributed by atoms with Crippen molar-refractivity contribution < 1.29 is 9.52 Å². The number of aromatic nitrogens is 2. The van der Waals surface area contributed by atoms with Gasteiger partial charge in [-0.05, 0) is 19.1 Å². The Morgan fingerprint density at radius 2 is 2.44 bits per heavy atom. The number of hydrogen-bond donors (Lipinski definition) is 2. The predicted molar refractivity (Wildman–Crippen MR) is 68.0 cm³/mol. The lowest BCUT2D eigenvalue weighted by molar-refractivity contribution is 0.269. The molecule has 5 heteroatoms. The number of aliphatic hydroxyl groups is 1. The quantitative estimate of drug-likeness (QED) is 0.773. The van der Waals surface area contributed by atoms with E-state index in [-0.39, 0.29) is 6.61 Å². The molecule has 1 unspecified atom stereocenters. The molecular formula is C13H19N3O2. The van der Waals surface area contributed by atoms with E-state index in [2.05, 4.69) is 17.3 Å². The molecule has 2 heterocycles. The van der Waals surface area contributed by atoms with Gasteiger partial charge in [0, 0.05) is 30.8 Å². The molecule has 2 rings (SSSR count). The second-order valence-corrected chi connectivity index (χ2v) is 4.40. The molecule has 5 nitrogen and oxygen atoms in total. The first kappa shape index (κ1) is 12.9. The van der Waals surface area contributed by atoms with Crippen molar-refractivity contribution in [3.63, 3.8) is 0 Å². The van der Waals surface area contributed by atoms with Crippen LogP contribution in [0.3, 0.4) is 0 Å². The van der Waals surface area contributed by atoms with Crippen molar-refractivity contribution in [2.75, 3.05) is 6.61 Å². The summed E-state index contributed by atoms with van der Waals surface area (Å²) in [6.45, 7) is 3.55. The van der Waals surface area contributed by atoms with E-state index >= 15 is 0 Å². The molecule has 0 aromatic carbocycles. The Labute approximate surface area is 106 Å². The van der Waals surface area contributed by atoms with E-state index in [4.69, 9.17) is 9.52 Å². The lowest BCUT2D eigenvalue weighted by Gasteiger charge is -2.11. The van der Waals surface area contributed by atoms with Crippen molar-refractivity contribution in [2.45, 2.75) is 32.5 Å². The van der Waals surface area contributed by atoms with Gasteiger partial charge >= 0.3 is 0 Å². The van der Waals surface area contributed by atoms with Crippen molar-refractivity contribution >= 4 is 0 Å². The molecule has 0 amide bonds. The van der Waals surface area contributed by atoms with E-state index < -0.39 is 0 Å². The topological polar surface area (TPSA) is 63.2 Å². The highest BCUT2D eigenvalue weighted by molar-refractivity contribution is 5.04. The van der Waals surface area contributed by atoms with E-state index in [1.165, 1.54) is 0 Å². The van der Waals surface area contributed by atoms with Gasteiger partial charge in [-0.15, -0.1) is 0 Å². The molecule has 98 valence electrons. The second kappa shape index (κ2) is 6.37. The van der Waals surface area contributed by atoms with Gasteiger partial charge in [-0.1, -0.05) is 0 Å². The van der Waals surface area contributed by atoms with Crippen LogP contribution in [0, 0.1) is 0 Å². The molecule has 0 fully saturated rings. The van der Waals surface area contributed by atoms with Crippen molar-refractivity contribution in [3.8, 4) is 0 Å². The maximum atomic E-state index is 8.80. The molecule has 0 spiro atoms. The Balaban J connectivity index is 1.76. The van der Waals surface area contributed by atoms with Gasteiger partial charge in [0.25, 0.3) is 0 Å². The highest BCUT2D eigenvalue weighted by Gasteiger charge is 2.06. The van der Waals surface area contributed by atoms with Gasteiger partial charge < -0.3 is 14.8 Å². The van der Waals surface area contributed by atoms with Gasteiger partial charge in [0.1, 0.15) is 5.76 Å². The van der Waals surface area contributed by atoms with Crippen LogP contribution in [0.25, 0.3) is 0 Å². The van der Waals surface area contributed by atoms with Crippen LogP contribution in [0.2, 0.25) is 0 Å². The highest BCUT2D eigenvalue weighted by atomic mass is 16.3. The minimum atomic E-state index is 0.115. The molecule has 0 bridgehead atoms. The van der Waals surface area contributed by atoms with Crippen molar-refractivity contribution in [3.05, 3.63) is 42.1 Å². The molecule has 0 aliphatic heterocycles. The zero-order valence-corrected chi connectivity index (χ0v) is 10.5. The maximum Gasteiger partial charge on any atom is 0.105 e. The molecule has 0 aliphatic rings. The number of nitrogens with zero attached hydrogens (tertiary/aromatic N) is 2. The molecular weight excluding hydrogens is 230 g/mol. The first-order chi connectivity index (χ1) is 8.78. The fourth-order valence-electron chi connectivity index (χ4n) is 1.82. The number of nitrogens with one attached hydrogen (secondary N) is 1. The number of furan rings is 1. The molecule has 2 N–H and O–H groups in total. The molecule has 18 heavy (non-hydrogen) atoms. The van der Waals surface area contributed by atoms with Gasteiger partial charge in [-0.3, -0.25) is 4.68 Å². The van der Waals surface area contributed by atoms with Gasteiger partial charge in [0.05, 0.1) is 25.6 Å². The summed E-state index contributed by atoms with van der Waals surface area (Å²) in [4.78, 5) is 0. The summed E-state index contributed by atoms with van der Waals surface area (Å²) in [7, 11) is 0. The first-order valence-electron chi connectivity index (χ1n) is 6.16. The summed E-state index contributed by atoms with van der Waals surface area (Å²) in [5.41, 5.74) is 1.12. The maximum absolute atomic E-state index is 8.80.